The predicted molar refractivity (Wildman–Crippen MR) is 57.9 cm³/mol. The molecule has 0 bridgehead atoms. The Hall–Kier alpha value is -0.450. The van der Waals surface area contributed by atoms with Crippen molar-refractivity contribution in [1.29, 1.82) is 0 Å². The van der Waals surface area contributed by atoms with Gasteiger partial charge in [0.25, 0.3) is 0 Å². The van der Waals surface area contributed by atoms with Crippen LogP contribution >= 0.6 is 22.6 Å². The van der Waals surface area contributed by atoms with Gasteiger partial charge >= 0.3 is 0 Å². The fourth-order valence-corrected chi connectivity index (χ4v) is 1.45. The molecule has 1 rings (SSSR count). The summed E-state index contributed by atoms with van der Waals surface area (Å²) in [7, 11) is 3.97. The number of halogens is 1. The van der Waals surface area contributed by atoms with E-state index in [1.165, 1.54) is 3.57 Å². The number of rotatable bonds is 1. The summed E-state index contributed by atoms with van der Waals surface area (Å²) < 4.78 is 1.17. The fourth-order valence-electron chi connectivity index (χ4n) is 0.933. The molecule has 0 spiro atoms. The molecule has 0 saturated heterocycles. The van der Waals surface area contributed by atoms with Crippen LogP contribution in [0.5, 0.6) is 0 Å². The Bertz CT molecular complexity index is 258. The van der Waals surface area contributed by atoms with Crippen molar-refractivity contribution in [2.75, 3.05) is 24.7 Å². The minimum absolute atomic E-state index is 0.835. The van der Waals surface area contributed by atoms with Crippen LogP contribution in [0.4, 0.5) is 11.4 Å². The molecule has 60 valence electrons. The molecule has 0 fully saturated rings. The first-order valence-corrected chi connectivity index (χ1v) is 4.41. The number of nitrogens with zero attached hydrogens (tertiary/aromatic N) is 1. The van der Waals surface area contributed by atoms with Crippen LogP contribution in [0.25, 0.3) is 0 Å². The summed E-state index contributed by atoms with van der Waals surface area (Å²) in [5.74, 6) is 0. The standard InChI is InChI=1S/C8H11IN2/c1-11(2)8-4-3-6(9)5-7(8)10/h3-5H,10H2,1-2H3. The van der Waals surface area contributed by atoms with Crippen LogP contribution in [-0.4, -0.2) is 14.1 Å². The first kappa shape index (κ1) is 8.64. The molecular weight excluding hydrogens is 251 g/mol. The highest BCUT2D eigenvalue weighted by Gasteiger charge is 1.99. The minimum Gasteiger partial charge on any atom is -0.397 e. The summed E-state index contributed by atoms with van der Waals surface area (Å²) in [4.78, 5) is 2.01. The molecule has 0 atom stereocenters. The van der Waals surface area contributed by atoms with Crippen molar-refractivity contribution in [3.63, 3.8) is 0 Å². The first-order chi connectivity index (χ1) is 5.11. The Morgan fingerprint density at radius 2 is 2.00 bits per heavy atom. The van der Waals surface area contributed by atoms with Crippen molar-refractivity contribution in [3.8, 4) is 0 Å². The van der Waals surface area contributed by atoms with Crippen LogP contribution in [0.15, 0.2) is 18.2 Å². The maximum Gasteiger partial charge on any atom is 0.0595 e. The second-order valence-electron chi connectivity index (χ2n) is 2.60. The van der Waals surface area contributed by atoms with Crippen LogP contribution in [0.2, 0.25) is 0 Å². The maximum absolute atomic E-state index is 5.78. The van der Waals surface area contributed by atoms with Gasteiger partial charge in [-0.25, -0.2) is 0 Å². The predicted octanol–water partition coefficient (Wildman–Crippen LogP) is 1.94. The maximum atomic E-state index is 5.78. The van der Waals surface area contributed by atoms with Gasteiger partial charge in [0.05, 0.1) is 11.4 Å². The number of hydrogen-bond acceptors (Lipinski definition) is 2. The third-order valence-corrected chi connectivity index (χ3v) is 2.14. The van der Waals surface area contributed by atoms with E-state index in [1.54, 1.807) is 0 Å². The van der Waals surface area contributed by atoms with Gasteiger partial charge in [0, 0.05) is 17.7 Å². The van der Waals surface area contributed by atoms with E-state index >= 15 is 0 Å². The van der Waals surface area contributed by atoms with Gasteiger partial charge in [-0.2, -0.15) is 0 Å². The molecule has 0 aliphatic carbocycles. The van der Waals surface area contributed by atoms with Crippen LogP contribution in [0, 0.1) is 3.57 Å². The first-order valence-electron chi connectivity index (χ1n) is 3.33. The van der Waals surface area contributed by atoms with Crippen molar-refractivity contribution in [2.24, 2.45) is 0 Å². The van der Waals surface area contributed by atoms with Gasteiger partial charge in [-0.3, -0.25) is 0 Å². The van der Waals surface area contributed by atoms with E-state index < -0.39 is 0 Å². The zero-order chi connectivity index (χ0) is 8.43. The number of nitrogens with two attached hydrogens (primary N) is 1. The highest BCUT2D eigenvalue weighted by molar-refractivity contribution is 14.1. The highest BCUT2D eigenvalue weighted by Crippen LogP contribution is 2.22. The van der Waals surface area contributed by atoms with E-state index in [0.717, 1.165) is 11.4 Å². The molecule has 0 aromatic heterocycles. The molecule has 0 saturated carbocycles. The third kappa shape index (κ3) is 1.99. The fraction of sp³-hybridized carbons (Fsp3) is 0.250. The van der Waals surface area contributed by atoms with Crippen molar-refractivity contribution in [2.45, 2.75) is 0 Å². The zero-order valence-electron chi connectivity index (χ0n) is 6.63. The number of hydrogen-bond donors (Lipinski definition) is 1. The van der Waals surface area contributed by atoms with Crippen molar-refractivity contribution >= 4 is 34.0 Å². The number of benzene rings is 1. The zero-order valence-corrected chi connectivity index (χ0v) is 8.79. The molecule has 0 unspecified atom stereocenters. The second kappa shape index (κ2) is 3.30. The highest BCUT2D eigenvalue weighted by atomic mass is 127. The van der Waals surface area contributed by atoms with Gasteiger partial charge in [0.2, 0.25) is 0 Å². The van der Waals surface area contributed by atoms with Gasteiger partial charge in [0.1, 0.15) is 0 Å². The quantitative estimate of drug-likeness (QED) is 0.619. The Morgan fingerprint density at radius 3 is 2.45 bits per heavy atom. The molecule has 0 aliphatic rings. The van der Waals surface area contributed by atoms with E-state index in [9.17, 15) is 0 Å². The molecule has 11 heavy (non-hydrogen) atoms. The van der Waals surface area contributed by atoms with E-state index in [2.05, 4.69) is 22.6 Å². The Kier molecular flexibility index (Phi) is 2.59. The molecule has 2 N–H and O–H groups in total. The molecule has 0 radical (unpaired) electrons. The Morgan fingerprint density at radius 1 is 1.36 bits per heavy atom. The van der Waals surface area contributed by atoms with Gasteiger partial charge in [-0.15, -0.1) is 0 Å². The van der Waals surface area contributed by atoms with Gasteiger partial charge in [-0.1, -0.05) is 0 Å². The number of anilines is 2. The SMILES string of the molecule is CN(C)c1ccc(I)cc1N. The summed E-state index contributed by atoms with van der Waals surface area (Å²) in [5.41, 5.74) is 7.69. The smallest absolute Gasteiger partial charge is 0.0595 e. The van der Waals surface area contributed by atoms with E-state index in [4.69, 9.17) is 5.73 Å². The molecule has 0 heterocycles. The minimum atomic E-state index is 0.835. The molecule has 0 amide bonds. The molecule has 0 aliphatic heterocycles. The average molecular weight is 262 g/mol. The van der Waals surface area contributed by atoms with Crippen LogP contribution in [0.1, 0.15) is 0 Å². The molecule has 2 nitrogen and oxygen atoms in total. The van der Waals surface area contributed by atoms with Crippen LogP contribution in [-0.2, 0) is 0 Å². The average Bonchev–Trinajstić information content (AvgIpc) is 1.85. The van der Waals surface area contributed by atoms with Crippen LogP contribution < -0.4 is 10.6 Å². The normalized spacial score (nSPS) is 9.73. The second-order valence-corrected chi connectivity index (χ2v) is 3.84. The Balaban J connectivity index is 3.09. The largest absolute Gasteiger partial charge is 0.397 e. The van der Waals surface area contributed by atoms with Gasteiger partial charge < -0.3 is 10.6 Å². The lowest BCUT2D eigenvalue weighted by atomic mass is 10.2. The molecule has 3 heteroatoms. The van der Waals surface area contributed by atoms with Crippen LogP contribution in [0.3, 0.4) is 0 Å². The van der Waals surface area contributed by atoms with E-state index in [-0.39, 0.29) is 0 Å². The van der Waals surface area contributed by atoms with E-state index in [1.807, 2.05) is 37.2 Å². The summed E-state index contributed by atoms with van der Waals surface area (Å²) in [6.45, 7) is 0. The summed E-state index contributed by atoms with van der Waals surface area (Å²) in [5, 5.41) is 0. The molecular formula is C8H11IN2. The van der Waals surface area contributed by atoms with E-state index in [0.29, 0.717) is 0 Å². The lowest BCUT2D eigenvalue weighted by Gasteiger charge is -2.14. The molecule has 1 aromatic rings. The lowest BCUT2D eigenvalue weighted by molar-refractivity contribution is 1.13. The van der Waals surface area contributed by atoms with Gasteiger partial charge in [0.15, 0.2) is 0 Å². The van der Waals surface area contributed by atoms with Crippen molar-refractivity contribution in [1.82, 2.24) is 0 Å². The monoisotopic (exact) mass is 262 g/mol. The summed E-state index contributed by atoms with van der Waals surface area (Å²) in [6.07, 6.45) is 0. The van der Waals surface area contributed by atoms with Crippen molar-refractivity contribution in [3.05, 3.63) is 21.8 Å². The number of nitrogen functional groups attached to an aromatic ring is 1. The summed E-state index contributed by atoms with van der Waals surface area (Å²) >= 11 is 2.25. The van der Waals surface area contributed by atoms with Gasteiger partial charge in [-0.05, 0) is 40.8 Å². The van der Waals surface area contributed by atoms with Crippen molar-refractivity contribution < 1.29 is 0 Å². The third-order valence-electron chi connectivity index (χ3n) is 1.47. The summed E-state index contributed by atoms with van der Waals surface area (Å²) in [6, 6.07) is 6.04. The Labute approximate surface area is 80.5 Å². The topological polar surface area (TPSA) is 29.3 Å². The lowest BCUT2D eigenvalue weighted by Crippen LogP contribution is -2.10. The molecule has 1 aromatic carbocycles.